The molecule has 1 N–H and O–H groups in total. The largest absolute Gasteiger partial charge is 0.464 e. The third kappa shape index (κ3) is 3.89. The number of aliphatic hydroxyl groups is 1. The van der Waals surface area contributed by atoms with E-state index in [2.05, 4.69) is 36.1 Å². The molecule has 1 saturated heterocycles. The van der Waals surface area contributed by atoms with Crippen LogP contribution in [-0.4, -0.2) is 42.4 Å². The van der Waals surface area contributed by atoms with Crippen molar-refractivity contribution in [1.29, 1.82) is 0 Å². The maximum Gasteiger partial charge on any atom is 0.133 e. The summed E-state index contributed by atoms with van der Waals surface area (Å²) < 4.78 is 10.6. The van der Waals surface area contributed by atoms with Crippen molar-refractivity contribution >= 4 is 0 Å². The zero-order valence-corrected chi connectivity index (χ0v) is 14.6. The average molecular weight is 329 g/mol. The maximum atomic E-state index is 10.8. The minimum absolute atomic E-state index is 0.245. The second-order valence-corrected chi connectivity index (χ2v) is 6.91. The molecule has 0 aliphatic carbocycles. The smallest absolute Gasteiger partial charge is 0.133 e. The van der Waals surface area contributed by atoms with Crippen LogP contribution in [0, 0.1) is 5.92 Å². The quantitative estimate of drug-likeness (QED) is 0.880. The number of nitrogens with zero attached hydrogens (tertiary/aromatic N) is 1. The van der Waals surface area contributed by atoms with E-state index in [0.717, 1.165) is 37.4 Å². The standard InChI is InChI=1S/C20H27NO3/c1-16-14-21(10-8-20(16,22)9-12-23-2)15-17-5-3-6-18(13-17)19-7-4-11-24-19/h3-7,11,13,16,22H,8-10,12,14-15H2,1-2H3/t16-,20-/m1/s1. The molecule has 4 nitrogen and oxygen atoms in total. The van der Waals surface area contributed by atoms with Crippen LogP contribution >= 0.6 is 0 Å². The molecule has 130 valence electrons. The van der Waals surface area contributed by atoms with Gasteiger partial charge in [-0.25, -0.2) is 0 Å². The highest BCUT2D eigenvalue weighted by atomic mass is 16.5. The van der Waals surface area contributed by atoms with Gasteiger partial charge in [0, 0.05) is 38.9 Å². The summed E-state index contributed by atoms with van der Waals surface area (Å²) >= 11 is 0. The highest BCUT2D eigenvalue weighted by molar-refractivity contribution is 5.58. The summed E-state index contributed by atoms with van der Waals surface area (Å²) in [5.41, 5.74) is 1.79. The fourth-order valence-electron chi connectivity index (χ4n) is 3.56. The van der Waals surface area contributed by atoms with Gasteiger partial charge in [-0.05, 0) is 42.5 Å². The van der Waals surface area contributed by atoms with E-state index in [9.17, 15) is 5.11 Å². The highest BCUT2D eigenvalue weighted by Crippen LogP contribution is 2.32. The van der Waals surface area contributed by atoms with Gasteiger partial charge in [0.05, 0.1) is 11.9 Å². The third-order valence-electron chi connectivity index (χ3n) is 5.19. The number of methoxy groups -OCH3 is 1. The molecule has 1 aliphatic heterocycles. The molecule has 1 aromatic carbocycles. The van der Waals surface area contributed by atoms with Gasteiger partial charge in [0.15, 0.2) is 0 Å². The van der Waals surface area contributed by atoms with E-state index in [1.807, 2.05) is 12.1 Å². The molecule has 2 atom stereocenters. The second-order valence-electron chi connectivity index (χ2n) is 6.91. The predicted molar refractivity (Wildman–Crippen MR) is 94.6 cm³/mol. The predicted octanol–water partition coefficient (Wildman–Crippen LogP) is 3.56. The zero-order chi connectivity index (χ0) is 17.0. The topological polar surface area (TPSA) is 45.8 Å². The molecule has 0 saturated carbocycles. The molecule has 0 bridgehead atoms. The van der Waals surface area contributed by atoms with Crippen molar-refractivity contribution in [3.8, 4) is 11.3 Å². The Morgan fingerprint density at radius 1 is 1.33 bits per heavy atom. The van der Waals surface area contributed by atoms with Crippen LogP contribution in [0.15, 0.2) is 47.1 Å². The zero-order valence-electron chi connectivity index (χ0n) is 14.6. The molecule has 0 unspecified atom stereocenters. The molecule has 1 aliphatic rings. The van der Waals surface area contributed by atoms with E-state index >= 15 is 0 Å². The molecule has 2 aromatic rings. The summed E-state index contributed by atoms with van der Waals surface area (Å²) in [7, 11) is 1.69. The molecule has 1 fully saturated rings. The van der Waals surface area contributed by atoms with Crippen molar-refractivity contribution in [2.45, 2.75) is 31.9 Å². The maximum absolute atomic E-state index is 10.8. The Hall–Kier alpha value is -1.62. The Bertz CT molecular complexity index is 640. The van der Waals surface area contributed by atoms with Gasteiger partial charge in [-0.2, -0.15) is 0 Å². The summed E-state index contributed by atoms with van der Waals surface area (Å²) in [4.78, 5) is 2.42. The Morgan fingerprint density at radius 3 is 2.92 bits per heavy atom. The molecule has 0 radical (unpaired) electrons. The number of hydrogen-bond acceptors (Lipinski definition) is 4. The molecular formula is C20H27NO3. The number of rotatable bonds is 6. The van der Waals surface area contributed by atoms with Gasteiger partial charge in [0.2, 0.25) is 0 Å². The summed E-state index contributed by atoms with van der Waals surface area (Å²) in [6.45, 7) is 5.48. The van der Waals surface area contributed by atoms with Gasteiger partial charge < -0.3 is 14.3 Å². The fourth-order valence-corrected chi connectivity index (χ4v) is 3.56. The average Bonchev–Trinajstić information content (AvgIpc) is 3.12. The molecule has 4 heteroatoms. The van der Waals surface area contributed by atoms with Crippen molar-refractivity contribution in [3.05, 3.63) is 48.2 Å². The monoisotopic (exact) mass is 329 g/mol. The van der Waals surface area contributed by atoms with Crippen LogP contribution in [0.1, 0.15) is 25.3 Å². The Labute approximate surface area is 144 Å². The van der Waals surface area contributed by atoms with Crippen LogP contribution in [0.4, 0.5) is 0 Å². The normalized spacial score (nSPS) is 25.0. The van der Waals surface area contributed by atoms with Crippen LogP contribution in [0.5, 0.6) is 0 Å². The van der Waals surface area contributed by atoms with Crippen molar-refractivity contribution in [1.82, 2.24) is 4.90 Å². The first-order chi connectivity index (χ1) is 11.6. The minimum Gasteiger partial charge on any atom is -0.464 e. The summed E-state index contributed by atoms with van der Waals surface area (Å²) in [5.74, 6) is 1.15. The van der Waals surface area contributed by atoms with Crippen LogP contribution in [-0.2, 0) is 11.3 Å². The van der Waals surface area contributed by atoms with E-state index in [1.165, 1.54) is 5.56 Å². The van der Waals surface area contributed by atoms with E-state index in [-0.39, 0.29) is 5.92 Å². The SMILES string of the molecule is COCC[C@]1(O)CCN(Cc2cccc(-c3ccco3)c2)C[C@H]1C. The highest BCUT2D eigenvalue weighted by Gasteiger charge is 2.38. The van der Waals surface area contributed by atoms with E-state index in [4.69, 9.17) is 9.15 Å². The number of benzene rings is 1. The van der Waals surface area contributed by atoms with E-state index in [0.29, 0.717) is 13.0 Å². The molecule has 0 spiro atoms. The number of piperidine rings is 1. The van der Waals surface area contributed by atoms with Gasteiger partial charge in [-0.1, -0.05) is 25.1 Å². The lowest BCUT2D eigenvalue weighted by Gasteiger charge is -2.43. The van der Waals surface area contributed by atoms with Crippen LogP contribution in [0.25, 0.3) is 11.3 Å². The molecule has 24 heavy (non-hydrogen) atoms. The second kappa shape index (κ2) is 7.51. The number of furan rings is 1. The van der Waals surface area contributed by atoms with Gasteiger partial charge in [0.1, 0.15) is 5.76 Å². The Kier molecular flexibility index (Phi) is 5.39. The van der Waals surface area contributed by atoms with Gasteiger partial charge in [0.25, 0.3) is 0 Å². The van der Waals surface area contributed by atoms with E-state index in [1.54, 1.807) is 13.4 Å². The number of hydrogen-bond donors (Lipinski definition) is 1. The van der Waals surface area contributed by atoms with Crippen molar-refractivity contribution in [2.24, 2.45) is 5.92 Å². The summed E-state index contributed by atoms with van der Waals surface area (Å²) in [5, 5.41) is 10.8. The molecule has 0 amide bonds. The minimum atomic E-state index is -0.595. The molecule has 3 rings (SSSR count). The fraction of sp³-hybridized carbons (Fsp3) is 0.500. The van der Waals surface area contributed by atoms with E-state index < -0.39 is 5.60 Å². The number of ether oxygens (including phenoxy) is 1. The Balaban J connectivity index is 1.63. The van der Waals surface area contributed by atoms with Crippen LogP contribution < -0.4 is 0 Å². The molecular weight excluding hydrogens is 302 g/mol. The first-order valence-corrected chi connectivity index (χ1v) is 8.67. The summed E-state index contributed by atoms with van der Waals surface area (Å²) in [6, 6.07) is 12.4. The first kappa shape index (κ1) is 17.2. The van der Waals surface area contributed by atoms with Crippen LogP contribution in [0.2, 0.25) is 0 Å². The van der Waals surface area contributed by atoms with Crippen LogP contribution in [0.3, 0.4) is 0 Å². The van der Waals surface area contributed by atoms with Crippen molar-refractivity contribution in [2.75, 3.05) is 26.8 Å². The van der Waals surface area contributed by atoms with Crippen molar-refractivity contribution in [3.63, 3.8) is 0 Å². The van der Waals surface area contributed by atoms with Crippen molar-refractivity contribution < 1.29 is 14.3 Å². The van der Waals surface area contributed by atoms with Gasteiger partial charge in [-0.15, -0.1) is 0 Å². The first-order valence-electron chi connectivity index (χ1n) is 8.67. The number of likely N-dealkylation sites (tertiary alicyclic amines) is 1. The lowest BCUT2D eigenvalue weighted by molar-refractivity contribution is -0.0827. The Morgan fingerprint density at radius 2 is 2.21 bits per heavy atom. The third-order valence-corrected chi connectivity index (χ3v) is 5.19. The lowest BCUT2D eigenvalue weighted by Crippen LogP contribution is -2.51. The molecule has 1 aromatic heterocycles. The lowest BCUT2D eigenvalue weighted by atomic mass is 9.80. The molecule has 2 heterocycles. The van der Waals surface area contributed by atoms with Gasteiger partial charge >= 0.3 is 0 Å². The summed E-state index contributed by atoms with van der Waals surface area (Å²) in [6.07, 6.45) is 3.22. The van der Waals surface area contributed by atoms with Gasteiger partial charge in [-0.3, -0.25) is 4.90 Å².